The van der Waals surface area contributed by atoms with Crippen LogP contribution < -0.4 is 11.1 Å². The van der Waals surface area contributed by atoms with Crippen LogP contribution in [0.3, 0.4) is 0 Å². The topological polar surface area (TPSA) is 67.6 Å². The molecule has 1 atom stereocenters. The number of carbonyl (C=O) groups excluding carboxylic acids is 1. The van der Waals surface area contributed by atoms with Crippen molar-refractivity contribution in [1.82, 2.24) is 4.90 Å². The number of ether oxygens (including phenoxy) is 1. The molecule has 0 heterocycles. The maximum atomic E-state index is 11.8. The van der Waals surface area contributed by atoms with Gasteiger partial charge in [-0.05, 0) is 26.1 Å². The summed E-state index contributed by atoms with van der Waals surface area (Å²) in [6, 6.07) is 7.64. The Hall–Kier alpha value is -1.43. The second kappa shape index (κ2) is 7.89. The van der Waals surface area contributed by atoms with Crippen LogP contribution in [0.25, 0.3) is 0 Å². The number of hydrogen-bond acceptors (Lipinski definition) is 4. The van der Waals surface area contributed by atoms with E-state index in [9.17, 15) is 4.79 Å². The van der Waals surface area contributed by atoms with Crippen molar-refractivity contribution in [3.63, 3.8) is 0 Å². The number of hydrogen-bond donors (Lipinski definition) is 2. The minimum atomic E-state index is -0.0813. The van der Waals surface area contributed by atoms with Crippen LogP contribution in [0.4, 0.5) is 5.69 Å². The molecule has 1 unspecified atom stereocenters. The van der Waals surface area contributed by atoms with Gasteiger partial charge in [-0.25, -0.2) is 0 Å². The van der Waals surface area contributed by atoms with Crippen LogP contribution >= 0.6 is 0 Å². The number of anilines is 1. The number of nitrogens with two attached hydrogens (primary N) is 1. The summed E-state index contributed by atoms with van der Waals surface area (Å²) < 4.78 is 4.96. The third-order valence-corrected chi connectivity index (χ3v) is 2.68. The molecule has 0 aliphatic rings. The summed E-state index contributed by atoms with van der Waals surface area (Å²) in [6.45, 7) is 3.43. The molecule has 0 fully saturated rings. The first-order chi connectivity index (χ1) is 9.01. The molecule has 0 bridgehead atoms. The number of carbonyl (C=O) groups is 1. The highest BCUT2D eigenvalue weighted by molar-refractivity contribution is 5.92. The Morgan fingerprint density at radius 1 is 1.42 bits per heavy atom. The van der Waals surface area contributed by atoms with Crippen LogP contribution in [0, 0.1) is 6.92 Å². The lowest BCUT2D eigenvalue weighted by molar-refractivity contribution is -0.117. The lowest BCUT2D eigenvalue weighted by Crippen LogP contribution is -2.41. The summed E-state index contributed by atoms with van der Waals surface area (Å²) in [5.74, 6) is -0.0454. The van der Waals surface area contributed by atoms with Gasteiger partial charge in [0.1, 0.15) is 0 Å². The third kappa shape index (κ3) is 6.33. The fraction of sp³-hybridized carbons (Fsp3) is 0.500. The number of methoxy groups -OCH3 is 1. The second-order valence-electron chi connectivity index (χ2n) is 4.83. The molecule has 19 heavy (non-hydrogen) atoms. The number of amides is 1. The Kier molecular flexibility index (Phi) is 6.49. The van der Waals surface area contributed by atoms with Crippen molar-refractivity contribution in [2.45, 2.75) is 13.0 Å². The number of rotatable bonds is 7. The van der Waals surface area contributed by atoms with E-state index in [4.69, 9.17) is 10.5 Å². The molecule has 0 aromatic heterocycles. The Morgan fingerprint density at radius 2 is 2.05 bits per heavy atom. The molecule has 0 saturated carbocycles. The zero-order valence-corrected chi connectivity index (χ0v) is 11.8. The first kappa shape index (κ1) is 15.6. The number of nitrogens with zero attached hydrogens (tertiary/aromatic N) is 1. The molecule has 0 radical (unpaired) electrons. The smallest absolute Gasteiger partial charge is 0.238 e. The lowest BCUT2D eigenvalue weighted by Gasteiger charge is -2.20. The first-order valence-electron chi connectivity index (χ1n) is 6.31. The van der Waals surface area contributed by atoms with E-state index in [-0.39, 0.29) is 11.9 Å². The highest BCUT2D eigenvalue weighted by atomic mass is 16.5. The molecule has 5 nitrogen and oxygen atoms in total. The number of benzene rings is 1. The Labute approximate surface area is 114 Å². The molecule has 1 aromatic rings. The fourth-order valence-corrected chi connectivity index (χ4v) is 1.81. The first-order valence-corrected chi connectivity index (χ1v) is 6.31. The number of nitrogens with one attached hydrogen (secondary N) is 1. The van der Waals surface area contributed by atoms with Crippen molar-refractivity contribution in [1.29, 1.82) is 0 Å². The number of aryl methyl sites for hydroxylation is 1. The van der Waals surface area contributed by atoms with E-state index in [1.807, 2.05) is 43.1 Å². The minimum Gasteiger partial charge on any atom is -0.383 e. The van der Waals surface area contributed by atoms with Gasteiger partial charge in [-0.1, -0.05) is 17.7 Å². The largest absolute Gasteiger partial charge is 0.383 e. The van der Waals surface area contributed by atoms with Crippen molar-refractivity contribution in [3.05, 3.63) is 29.8 Å². The van der Waals surface area contributed by atoms with Crippen molar-refractivity contribution >= 4 is 11.6 Å². The molecular weight excluding hydrogens is 242 g/mol. The molecule has 1 rings (SSSR count). The van der Waals surface area contributed by atoms with E-state index in [0.717, 1.165) is 5.69 Å². The van der Waals surface area contributed by atoms with Crippen LogP contribution in [0.5, 0.6) is 0 Å². The summed E-state index contributed by atoms with van der Waals surface area (Å²) in [4.78, 5) is 13.7. The van der Waals surface area contributed by atoms with E-state index in [0.29, 0.717) is 19.7 Å². The molecule has 0 saturated heterocycles. The van der Waals surface area contributed by atoms with E-state index < -0.39 is 0 Å². The van der Waals surface area contributed by atoms with Gasteiger partial charge in [0.25, 0.3) is 0 Å². The van der Waals surface area contributed by atoms with Crippen LogP contribution in [-0.2, 0) is 9.53 Å². The fourth-order valence-electron chi connectivity index (χ4n) is 1.81. The zero-order chi connectivity index (χ0) is 14.3. The average Bonchev–Trinajstić information content (AvgIpc) is 2.32. The Morgan fingerprint density at radius 3 is 2.63 bits per heavy atom. The second-order valence-corrected chi connectivity index (χ2v) is 4.83. The van der Waals surface area contributed by atoms with Gasteiger partial charge < -0.3 is 15.8 Å². The maximum Gasteiger partial charge on any atom is 0.238 e. The molecule has 0 aliphatic carbocycles. The highest BCUT2D eigenvalue weighted by Crippen LogP contribution is 2.08. The van der Waals surface area contributed by atoms with Gasteiger partial charge in [0.15, 0.2) is 0 Å². The maximum absolute atomic E-state index is 11.8. The van der Waals surface area contributed by atoms with Crippen molar-refractivity contribution in [3.8, 4) is 0 Å². The van der Waals surface area contributed by atoms with Crippen molar-refractivity contribution in [2.24, 2.45) is 5.73 Å². The van der Waals surface area contributed by atoms with Gasteiger partial charge in [0.2, 0.25) is 5.91 Å². The average molecular weight is 265 g/mol. The predicted molar refractivity (Wildman–Crippen MR) is 77.2 cm³/mol. The normalized spacial score (nSPS) is 12.5. The standard InChI is InChI=1S/C14H23N3O2/c1-11-4-6-13(7-5-11)16-14(18)9-17(2)8-12(15)10-19-3/h4-7,12H,8-10,15H2,1-3H3,(H,16,18). The molecule has 3 N–H and O–H groups in total. The van der Waals surface area contributed by atoms with Gasteiger partial charge in [0.05, 0.1) is 13.2 Å². The molecule has 106 valence electrons. The van der Waals surface area contributed by atoms with Gasteiger partial charge in [-0.3, -0.25) is 9.69 Å². The van der Waals surface area contributed by atoms with E-state index in [1.165, 1.54) is 5.56 Å². The van der Waals surface area contributed by atoms with Crippen LogP contribution in [-0.4, -0.2) is 50.7 Å². The quantitative estimate of drug-likeness (QED) is 0.766. The molecular formula is C14H23N3O2. The summed E-state index contributed by atoms with van der Waals surface area (Å²) in [7, 11) is 3.48. The highest BCUT2D eigenvalue weighted by Gasteiger charge is 2.10. The summed E-state index contributed by atoms with van der Waals surface area (Å²) in [5, 5.41) is 2.85. The van der Waals surface area contributed by atoms with E-state index >= 15 is 0 Å². The minimum absolute atomic E-state index is 0.0454. The van der Waals surface area contributed by atoms with Gasteiger partial charge in [-0.2, -0.15) is 0 Å². The molecule has 5 heteroatoms. The molecule has 1 aromatic carbocycles. The van der Waals surface area contributed by atoms with Crippen LogP contribution in [0.1, 0.15) is 5.56 Å². The van der Waals surface area contributed by atoms with Crippen LogP contribution in [0.2, 0.25) is 0 Å². The summed E-state index contributed by atoms with van der Waals surface area (Å²) >= 11 is 0. The Balaban J connectivity index is 2.36. The van der Waals surface area contributed by atoms with Crippen molar-refractivity contribution in [2.75, 3.05) is 39.2 Å². The molecule has 0 aliphatic heterocycles. The van der Waals surface area contributed by atoms with E-state index in [2.05, 4.69) is 5.32 Å². The lowest BCUT2D eigenvalue weighted by atomic mass is 10.2. The molecule has 0 spiro atoms. The van der Waals surface area contributed by atoms with Crippen molar-refractivity contribution < 1.29 is 9.53 Å². The van der Waals surface area contributed by atoms with Gasteiger partial charge in [-0.15, -0.1) is 0 Å². The predicted octanol–water partition coefficient (Wildman–Crippen LogP) is 0.839. The third-order valence-electron chi connectivity index (χ3n) is 2.68. The Bertz CT molecular complexity index is 392. The van der Waals surface area contributed by atoms with Gasteiger partial charge in [0, 0.05) is 25.4 Å². The molecule has 1 amide bonds. The monoisotopic (exact) mass is 265 g/mol. The zero-order valence-electron chi connectivity index (χ0n) is 11.8. The SMILES string of the molecule is COCC(N)CN(C)CC(=O)Nc1ccc(C)cc1. The van der Waals surface area contributed by atoms with Crippen LogP contribution in [0.15, 0.2) is 24.3 Å². The van der Waals surface area contributed by atoms with Gasteiger partial charge >= 0.3 is 0 Å². The van der Waals surface area contributed by atoms with E-state index in [1.54, 1.807) is 7.11 Å². The number of likely N-dealkylation sites (N-methyl/N-ethyl adjacent to an activating group) is 1. The summed E-state index contributed by atoms with van der Waals surface area (Å²) in [6.07, 6.45) is 0. The summed E-state index contributed by atoms with van der Waals surface area (Å²) in [5.41, 5.74) is 7.81.